The van der Waals surface area contributed by atoms with Gasteiger partial charge in [0.15, 0.2) is 11.0 Å². The maximum Gasteiger partial charge on any atom is 0.407 e. The Bertz CT molecular complexity index is 1190. The van der Waals surface area contributed by atoms with Gasteiger partial charge < -0.3 is 19.5 Å². The number of halogens is 2. The van der Waals surface area contributed by atoms with Gasteiger partial charge in [0.05, 0.1) is 36.6 Å². The van der Waals surface area contributed by atoms with E-state index in [-0.39, 0.29) is 45.6 Å². The molecule has 2 aliphatic heterocycles. The van der Waals surface area contributed by atoms with Crippen molar-refractivity contribution in [3.63, 3.8) is 0 Å². The molecule has 10 nitrogen and oxygen atoms in total. The van der Waals surface area contributed by atoms with Crippen LogP contribution in [0.2, 0.25) is 5.15 Å². The average molecular weight is 492 g/mol. The van der Waals surface area contributed by atoms with E-state index in [1.54, 1.807) is 0 Å². The van der Waals surface area contributed by atoms with E-state index in [4.69, 9.17) is 21.1 Å². The number of rotatable bonds is 5. The molecular formula is C22H23ClFN5O5. The van der Waals surface area contributed by atoms with Gasteiger partial charge in [-0.25, -0.2) is 14.2 Å². The molecule has 2 aromatic rings. The Morgan fingerprint density at radius 2 is 1.91 bits per heavy atom. The summed E-state index contributed by atoms with van der Waals surface area (Å²) >= 11 is 5.92. The first-order valence-electron chi connectivity index (χ1n) is 11.2. The van der Waals surface area contributed by atoms with E-state index in [0.717, 1.165) is 12.8 Å². The van der Waals surface area contributed by atoms with Gasteiger partial charge in [0.1, 0.15) is 11.3 Å². The van der Waals surface area contributed by atoms with E-state index < -0.39 is 11.9 Å². The SMILES string of the molecule is COC(=O)C12CC(COc3nc(N4CC5CCC(C4)N5C(=O)O)c4cnc(Cl)c(F)c4n3)(C1)C2. The van der Waals surface area contributed by atoms with Gasteiger partial charge in [-0.2, -0.15) is 9.97 Å². The van der Waals surface area contributed by atoms with Crippen LogP contribution >= 0.6 is 11.6 Å². The van der Waals surface area contributed by atoms with Gasteiger partial charge in [-0.15, -0.1) is 0 Å². The molecule has 3 aliphatic carbocycles. The molecule has 2 atom stereocenters. The van der Waals surface area contributed by atoms with Crippen molar-refractivity contribution >= 4 is 40.4 Å². The summed E-state index contributed by atoms with van der Waals surface area (Å²) in [7, 11) is 1.40. The third-order valence-electron chi connectivity index (χ3n) is 7.87. The monoisotopic (exact) mass is 491 g/mol. The molecular weight excluding hydrogens is 469 g/mol. The lowest BCUT2D eigenvalue weighted by molar-refractivity contribution is -0.234. The number of carbonyl (C=O) groups is 2. The van der Waals surface area contributed by atoms with Crippen molar-refractivity contribution in [2.75, 3.05) is 31.7 Å². The Hall–Kier alpha value is -2.95. The molecule has 180 valence electrons. The first-order valence-corrected chi connectivity index (χ1v) is 11.6. The van der Waals surface area contributed by atoms with Crippen LogP contribution in [-0.4, -0.2) is 75.9 Å². The van der Waals surface area contributed by atoms with Gasteiger partial charge in [0, 0.05) is 24.7 Å². The van der Waals surface area contributed by atoms with Crippen molar-refractivity contribution in [1.29, 1.82) is 0 Å². The van der Waals surface area contributed by atoms with E-state index in [1.807, 2.05) is 4.90 Å². The molecule has 4 bridgehead atoms. The molecule has 2 aromatic heterocycles. The number of anilines is 1. The first-order chi connectivity index (χ1) is 16.2. The summed E-state index contributed by atoms with van der Waals surface area (Å²) in [5, 5.41) is 9.67. The van der Waals surface area contributed by atoms with Gasteiger partial charge in [-0.3, -0.25) is 9.69 Å². The Balaban J connectivity index is 1.28. The molecule has 0 aromatic carbocycles. The number of hydrogen-bond donors (Lipinski definition) is 1. The molecule has 4 heterocycles. The smallest absolute Gasteiger partial charge is 0.407 e. The molecule has 7 rings (SSSR count). The summed E-state index contributed by atoms with van der Waals surface area (Å²) < 4.78 is 25.7. The lowest BCUT2D eigenvalue weighted by Crippen LogP contribution is -2.67. The highest BCUT2D eigenvalue weighted by molar-refractivity contribution is 6.30. The summed E-state index contributed by atoms with van der Waals surface area (Å²) in [5.74, 6) is -0.485. The Kier molecular flexibility index (Phi) is 4.61. The number of amides is 1. The maximum atomic E-state index is 14.9. The predicted molar refractivity (Wildman–Crippen MR) is 117 cm³/mol. The topological polar surface area (TPSA) is 118 Å². The van der Waals surface area contributed by atoms with E-state index in [0.29, 0.717) is 50.2 Å². The van der Waals surface area contributed by atoms with Crippen molar-refractivity contribution in [2.24, 2.45) is 10.8 Å². The van der Waals surface area contributed by atoms with Gasteiger partial charge in [-0.1, -0.05) is 11.6 Å². The van der Waals surface area contributed by atoms with Crippen molar-refractivity contribution in [3.8, 4) is 6.01 Å². The molecule has 1 amide bonds. The quantitative estimate of drug-likeness (QED) is 0.497. The summed E-state index contributed by atoms with van der Waals surface area (Å²) in [6.07, 6.45) is 4.12. The molecule has 0 radical (unpaired) electrons. The van der Waals surface area contributed by atoms with Crippen LogP contribution in [0.5, 0.6) is 6.01 Å². The Morgan fingerprint density at radius 3 is 2.53 bits per heavy atom. The predicted octanol–water partition coefficient (Wildman–Crippen LogP) is 2.87. The average Bonchev–Trinajstić information content (AvgIpc) is 3.04. The van der Waals surface area contributed by atoms with Gasteiger partial charge in [0.2, 0.25) is 0 Å². The summed E-state index contributed by atoms with van der Waals surface area (Å²) in [6.45, 7) is 1.18. The number of methoxy groups -OCH3 is 1. The number of aromatic nitrogens is 3. The highest BCUT2D eigenvalue weighted by Gasteiger charge is 2.72. The number of esters is 1. The zero-order valence-corrected chi connectivity index (χ0v) is 19.2. The highest BCUT2D eigenvalue weighted by Crippen LogP contribution is 2.73. The maximum absolute atomic E-state index is 14.9. The number of piperazine rings is 1. The van der Waals surface area contributed by atoms with Crippen LogP contribution in [0.4, 0.5) is 15.0 Å². The molecule has 2 unspecified atom stereocenters. The molecule has 5 fully saturated rings. The number of carbonyl (C=O) groups excluding carboxylic acids is 1. The fraction of sp³-hybridized carbons (Fsp3) is 0.591. The van der Waals surface area contributed by atoms with Crippen LogP contribution in [-0.2, 0) is 9.53 Å². The molecule has 0 spiro atoms. The summed E-state index contributed by atoms with van der Waals surface area (Å²) in [5.41, 5.74) is -0.494. The second kappa shape index (κ2) is 7.27. The fourth-order valence-electron chi connectivity index (χ4n) is 6.50. The molecule has 34 heavy (non-hydrogen) atoms. The minimum atomic E-state index is -0.925. The number of ether oxygens (including phenoxy) is 2. The van der Waals surface area contributed by atoms with E-state index in [1.165, 1.54) is 18.2 Å². The van der Waals surface area contributed by atoms with Crippen molar-refractivity contribution < 1.29 is 28.6 Å². The van der Waals surface area contributed by atoms with Crippen molar-refractivity contribution in [3.05, 3.63) is 17.2 Å². The number of pyridine rings is 1. The second-order valence-corrected chi connectivity index (χ2v) is 10.4. The molecule has 5 aliphatic rings. The zero-order valence-electron chi connectivity index (χ0n) is 18.5. The minimum Gasteiger partial charge on any atom is -0.469 e. The van der Waals surface area contributed by atoms with Gasteiger partial charge in [0.25, 0.3) is 0 Å². The van der Waals surface area contributed by atoms with Crippen LogP contribution in [0, 0.1) is 16.6 Å². The van der Waals surface area contributed by atoms with Crippen LogP contribution in [0.1, 0.15) is 32.1 Å². The van der Waals surface area contributed by atoms with Crippen molar-refractivity contribution in [1.82, 2.24) is 19.9 Å². The lowest BCUT2D eigenvalue weighted by atomic mass is 9.35. The molecule has 12 heteroatoms. The minimum absolute atomic E-state index is 0.0108. The van der Waals surface area contributed by atoms with E-state index in [9.17, 15) is 19.1 Å². The second-order valence-electron chi connectivity index (χ2n) is 10.0. The Morgan fingerprint density at radius 1 is 1.24 bits per heavy atom. The standard InChI is InChI=1S/C22H23ClFN5O5/c1-33-18(30)22-7-21(8-22,9-22)10-34-19-26-15-13(4-25-16(23)14(15)24)17(27-19)28-5-11-2-3-12(6-28)29(11)20(31)32/h4,11-12H,2-3,5-10H2,1H3,(H,31,32). The normalized spacial score (nSPS) is 31.1. The van der Waals surface area contributed by atoms with Crippen LogP contribution in [0.25, 0.3) is 10.9 Å². The summed E-state index contributed by atoms with van der Waals surface area (Å²) in [6, 6.07) is -0.300. The fourth-order valence-corrected chi connectivity index (χ4v) is 6.63. The summed E-state index contributed by atoms with van der Waals surface area (Å²) in [4.78, 5) is 39.9. The lowest BCUT2D eigenvalue weighted by Gasteiger charge is -2.67. The first kappa shape index (κ1) is 21.6. The van der Waals surface area contributed by atoms with Crippen molar-refractivity contribution in [2.45, 2.75) is 44.2 Å². The van der Waals surface area contributed by atoms with Crippen LogP contribution < -0.4 is 9.64 Å². The van der Waals surface area contributed by atoms with E-state index in [2.05, 4.69) is 15.0 Å². The molecule has 2 saturated heterocycles. The van der Waals surface area contributed by atoms with Crippen LogP contribution in [0.3, 0.4) is 0 Å². The zero-order chi connectivity index (χ0) is 23.8. The third-order valence-corrected chi connectivity index (χ3v) is 8.13. The highest BCUT2D eigenvalue weighted by atomic mass is 35.5. The van der Waals surface area contributed by atoms with Crippen LogP contribution in [0.15, 0.2) is 6.20 Å². The number of hydrogen-bond acceptors (Lipinski definition) is 8. The Labute approximate surface area is 199 Å². The largest absolute Gasteiger partial charge is 0.469 e. The molecule has 3 saturated carbocycles. The van der Waals surface area contributed by atoms with Gasteiger partial charge in [-0.05, 0) is 32.1 Å². The number of carboxylic acid groups (broad SMARTS) is 1. The third kappa shape index (κ3) is 3.02. The number of fused-ring (bicyclic) bond motifs is 3. The number of nitrogens with zero attached hydrogens (tertiary/aromatic N) is 5. The molecule has 1 N–H and O–H groups in total. The van der Waals surface area contributed by atoms with Gasteiger partial charge >= 0.3 is 18.1 Å². The van der Waals surface area contributed by atoms with E-state index >= 15 is 0 Å².